The van der Waals surface area contributed by atoms with Crippen LogP contribution in [0.15, 0.2) is 24.3 Å². The van der Waals surface area contributed by atoms with Crippen molar-refractivity contribution in [2.45, 2.75) is 38.1 Å². The Bertz CT molecular complexity index is 670. The molecule has 0 saturated heterocycles. The average molecular weight is 344 g/mol. The average Bonchev–Trinajstić information content (AvgIpc) is 3.16. The summed E-state index contributed by atoms with van der Waals surface area (Å²) in [6, 6.07) is 7.58. The van der Waals surface area contributed by atoms with E-state index in [1.165, 1.54) is 6.26 Å². The summed E-state index contributed by atoms with van der Waals surface area (Å²) in [4.78, 5) is 12.3. The van der Waals surface area contributed by atoms with E-state index in [1.807, 2.05) is 38.1 Å². The lowest BCUT2D eigenvalue weighted by Crippen LogP contribution is -2.45. The van der Waals surface area contributed by atoms with Gasteiger partial charge in [-0.05, 0) is 44.2 Å². The molecule has 22 heavy (non-hydrogen) atoms. The van der Waals surface area contributed by atoms with Gasteiger partial charge in [-0.25, -0.2) is 8.42 Å². The van der Waals surface area contributed by atoms with Gasteiger partial charge in [0.15, 0.2) is 0 Å². The van der Waals surface area contributed by atoms with Gasteiger partial charge in [0, 0.05) is 22.7 Å². The monoisotopic (exact) mass is 343 g/mol. The lowest BCUT2D eigenvalue weighted by atomic mass is 10.0. The van der Waals surface area contributed by atoms with E-state index >= 15 is 0 Å². The number of amides is 1. The molecular weight excluding hydrogens is 322 g/mol. The van der Waals surface area contributed by atoms with Crippen molar-refractivity contribution < 1.29 is 13.2 Å². The Morgan fingerprint density at radius 1 is 1.36 bits per heavy atom. The second kappa shape index (κ2) is 6.20. The zero-order valence-electron chi connectivity index (χ0n) is 13.1. The smallest absolute Gasteiger partial charge is 0.224 e. The number of carbonyl (C=O) groups excluding carboxylic acids is 1. The predicted molar refractivity (Wildman–Crippen MR) is 88.8 cm³/mol. The molecular formula is C16H22ClNO3S. The molecule has 0 aliphatic heterocycles. The van der Waals surface area contributed by atoms with Crippen LogP contribution < -0.4 is 5.32 Å². The van der Waals surface area contributed by atoms with Crippen LogP contribution in [0.25, 0.3) is 0 Å². The fourth-order valence-corrected chi connectivity index (χ4v) is 3.69. The molecule has 0 bridgehead atoms. The van der Waals surface area contributed by atoms with Crippen LogP contribution in [-0.2, 0) is 14.6 Å². The molecule has 0 aromatic heterocycles. The second-order valence-corrected chi connectivity index (χ2v) is 9.39. The molecule has 4 nitrogen and oxygen atoms in total. The highest BCUT2D eigenvalue weighted by Crippen LogP contribution is 2.49. The Balaban J connectivity index is 1.93. The minimum atomic E-state index is -3.03. The van der Waals surface area contributed by atoms with Gasteiger partial charge < -0.3 is 5.32 Å². The van der Waals surface area contributed by atoms with Crippen LogP contribution in [0.1, 0.15) is 38.2 Å². The van der Waals surface area contributed by atoms with Crippen molar-refractivity contribution in [1.82, 2.24) is 5.32 Å². The zero-order valence-corrected chi connectivity index (χ0v) is 14.7. The third kappa shape index (κ3) is 4.71. The molecule has 1 aromatic rings. The first-order valence-corrected chi connectivity index (χ1v) is 9.77. The number of carbonyl (C=O) groups is 1. The topological polar surface area (TPSA) is 63.2 Å². The van der Waals surface area contributed by atoms with Gasteiger partial charge in [-0.15, -0.1) is 0 Å². The summed E-state index contributed by atoms with van der Waals surface area (Å²) in [5.74, 6) is 0.138. The fourth-order valence-electron chi connectivity index (χ4n) is 2.53. The molecule has 1 aliphatic rings. The maximum atomic E-state index is 12.3. The molecule has 0 heterocycles. The zero-order chi connectivity index (χ0) is 16.5. The number of hydrogen-bond acceptors (Lipinski definition) is 3. The molecule has 1 N–H and O–H groups in total. The summed E-state index contributed by atoms with van der Waals surface area (Å²) in [5.41, 5.74) is 0.478. The van der Waals surface area contributed by atoms with Crippen molar-refractivity contribution in [1.29, 1.82) is 0 Å². The van der Waals surface area contributed by atoms with Crippen LogP contribution in [0.4, 0.5) is 0 Å². The molecule has 1 aliphatic carbocycles. The van der Waals surface area contributed by atoms with Crippen molar-refractivity contribution in [2.24, 2.45) is 5.92 Å². The normalized spacial score (nSPS) is 21.5. The highest BCUT2D eigenvalue weighted by atomic mass is 35.5. The third-order valence-electron chi connectivity index (χ3n) is 3.99. The summed E-state index contributed by atoms with van der Waals surface area (Å²) < 4.78 is 22.5. The molecule has 6 heteroatoms. The van der Waals surface area contributed by atoms with E-state index in [4.69, 9.17) is 11.6 Å². The van der Waals surface area contributed by atoms with Gasteiger partial charge in [-0.1, -0.05) is 29.8 Å². The summed E-state index contributed by atoms with van der Waals surface area (Å²) in [6.07, 6.45) is 2.40. The van der Waals surface area contributed by atoms with Gasteiger partial charge in [-0.3, -0.25) is 4.79 Å². The van der Waals surface area contributed by atoms with E-state index in [9.17, 15) is 13.2 Å². The largest absolute Gasteiger partial charge is 0.351 e. The first kappa shape index (κ1) is 17.3. The quantitative estimate of drug-likeness (QED) is 0.863. The number of sulfone groups is 1. The van der Waals surface area contributed by atoms with Gasteiger partial charge in [0.25, 0.3) is 0 Å². The molecule has 0 spiro atoms. The number of rotatable bonds is 6. The number of hydrogen-bond donors (Lipinski definition) is 1. The van der Waals surface area contributed by atoms with E-state index in [2.05, 4.69) is 5.32 Å². The standard InChI is InChI=1S/C16H22ClNO3S/c1-16(2,8-9-22(3,20)21)18-15(19)13-10-12(13)11-6-4-5-7-14(11)17/h4-7,12-13H,8-10H2,1-3H3,(H,18,19)/t12-,13+/m0/s1. The highest BCUT2D eigenvalue weighted by Gasteiger charge is 2.45. The van der Waals surface area contributed by atoms with Crippen molar-refractivity contribution in [2.75, 3.05) is 12.0 Å². The lowest BCUT2D eigenvalue weighted by molar-refractivity contribution is -0.124. The molecule has 1 aromatic carbocycles. The van der Waals surface area contributed by atoms with E-state index in [0.717, 1.165) is 12.0 Å². The SMILES string of the molecule is CC(C)(CCS(C)(=O)=O)NC(=O)[C@@H]1C[C@H]1c1ccccc1Cl. The van der Waals surface area contributed by atoms with E-state index in [0.29, 0.717) is 11.4 Å². The lowest BCUT2D eigenvalue weighted by Gasteiger charge is -2.26. The maximum absolute atomic E-state index is 12.3. The molecule has 1 fully saturated rings. The molecule has 2 atom stereocenters. The minimum Gasteiger partial charge on any atom is -0.351 e. The Kier molecular flexibility index (Phi) is 4.87. The Morgan fingerprint density at radius 2 is 2.00 bits per heavy atom. The van der Waals surface area contributed by atoms with Crippen molar-refractivity contribution in [3.8, 4) is 0 Å². The first-order chi connectivity index (χ1) is 10.1. The van der Waals surface area contributed by atoms with E-state index in [1.54, 1.807) is 0 Å². The van der Waals surface area contributed by atoms with Crippen LogP contribution in [0.2, 0.25) is 5.02 Å². The van der Waals surface area contributed by atoms with E-state index < -0.39 is 15.4 Å². The number of halogens is 1. The molecule has 1 saturated carbocycles. The van der Waals surface area contributed by atoms with Gasteiger partial charge in [0.1, 0.15) is 9.84 Å². The van der Waals surface area contributed by atoms with Crippen LogP contribution in [0.5, 0.6) is 0 Å². The Hall–Kier alpha value is -1.07. The second-order valence-electron chi connectivity index (χ2n) is 6.72. The van der Waals surface area contributed by atoms with Gasteiger partial charge in [-0.2, -0.15) is 0 Å². The minimum absolute atomic E-state index is 0.0246. The molecule has 0 unspecified atom stereocenters. The third-order valence-corrected chi connectivity index (χ3v) is 5.28. The predicted octanol–water partition coefficient (Wildman–Crippen LogP) is 2.77. The van der Waals surface area contributed by atoms with Crippen LogP contribution in [0, 0.1) is 5.92 Å². The van der Waals surface area contributed by atoms with Crippen LogP contribution in [-0.4, -0.2) is 31.9 Å². The Morgan fingerprint density at radius 3 is 2.59 bits per heavy atom. The van der Waals surface area contributed by atoms with E-state index in [-0.39, 0.29) is 23.5 Å². The van der Waals surface area contributed by atoms with Crippen LogP contribution in [0.3, 0.4) is 0 Å². The molecule has 0 radical (unpaired) electrons. The maximum Gasteiger partial charge on any atom is 0.224 e. The van der Waals surface area contributed by atoms with Crippen molar-refractivity contribution >= 4 is 27.3 Å². The number of benzene rings is 1. The summed E-state index contributed by atoms with van der Waals surface area (Å²) in [7, 11) is -3.03. The van der Waals surface area contributed by atoms with Gasteiger partial charge in [0.2, 0.25) is 5.91 Å². The Labute approximate surface area is 137 Å². The first-order valence-electron chi connectivity index (χ1n) is 7.33. The highest BCUT2D eigenvalue weighted by molar-refractivity contribution is 7.90. The van der Waals surface area contributed by atoms with Gasteiger partial charge in [0.05, 0.1) is 5.75 Å². The summed E-state index contributed by atoms with van der Waals surface area (Å²) >= 11 is 6.16. The summed E-state index contributed by atoms with van der Waals surface area (Å²) in [6.45, 7) is 3.70. The molecule has 2 rings (SSSR count). The van der Waals surface area contributed by atoms with Gasteiger partial charge >= 0.3 is 0 Å². The van der Waals surface area contributed by atoms with Crippen molar-refractivity contribution in [3.63, 3.8) is 0 Å². The molecule has 122 valence electrons. The molecule has 1 amide bonds. The van der Waals surface area contributed by atoms with Crippen LogP contribution >= 0.6 is 11.6 Å². The fraction of sp³-hybridized carbons (Fsp3) is 0.562. The number of nitrogens with one attached hydrogen (secondary N) is 1. The summed E-state index contributed by atoms with van der Waals surface area (Å²) in [5, 5.41) is 3.66. The van der Waals surface area contributed by atoms with Crippen molar-refractivity contribution in [3.05, 3.63) is 34.9 Å².